The molecule has 0 aliphatic rings. The van der Waals surface area contributed by atoms with Crippen LogP contribution in [0.2, 0.25) is 0 Å². The minimum atomic E-state index is -3.60. The number of anilines is 2. The minimum absolute atomic E-state index is 0.227. The molecule has 0 saturated carbocycles. The van der Waals surface area contributed by atoms with Crippen molar-refractivity contribution in [3.05, 3.63) is 52.5 Å². The molecule has 0 fully saturated rings. The maximum Gasteiger partial charge on any atom is 0.263 e. The van der Waals surface area contributed by atoms with E-state index < -0.39 is 10.0 Å². The van der Waals surface area contributed by atoms with Crippen molar-refractivity contribution in [2.24, 2.45) is 0 Å². The van der Waals surface area contributed by atoms with E-state index in [4.69, 9.17) is 0 Å². The standard InChI is InChI=1S/C15H17BrN2O2S/c1-11-4-9-15(14(16)10-11)21(19,20)17-12-5-7-13(8-6-12)18(2)3/h4-10,17H,1-3H3. The van der Waals surface area contributed by atoms with Gasteiger partial charge in [-0.05, 0) is 64.8 Å². The topological polar surface area (TPSA) is 49.4 Å². The van der Waals surface area contributed by atoms with Gasteiger partial charge in [0.2, 0.25) is 0 Å². The third-order valence-corrected chi connectivity index (χ3v) is 5.37. The molecule has 21 heavy (non-hydrogen) atoms. The average molecular weight is 369 g/mol. The zero-order chi connectivity index (χ0) is 15.6. The molecule has 0 bridgehead atoms. The molecule has 0 unspecified atom stereocenters. The molecule has 0 radical (unpaired) electrons. The summed E-state index contributed by atoms with van der Waals surface area (Å²) < 4.78 is 27.9. The summed E-state index contributed by atoms with van der Waals surface area (Å²) in [5.74, 6) is 0. The number of benzene rings is 2. The van der Waals surface area contributed by atoms with E-state index in [1.54, 1.807) is 30.3 Å². The van der Waals surface area contributed by atoms with E-state index in [0.717, 1.165) is 11.3 Å². The van der Waals surface area contributed by atoms with Gasteiger partial charge in [0, 0.05) is 29.9 Å². The zero-order valence-corrected chi connectivity index (χ0v) is 14.5. The Labute approximate surface area is 134 Å². The number of rotatable bonds is 4. The summed E-state index contributed by atoms with van der Waals surface area (Å²) >= 11 is 3.30. The summed E-state index contributed by atoms with van der Waals surface area (Å²) in [7, 11) is 0.262. The van der Waals surface area contributed by atoms with Gasteiger partial charge in [-0.3, -0.25) is 4.72 Å². The van der Waals surface area contributed by atoms with Crippen molar-refractivity contribution in [1.82, 2.24) is 0 Å². The third-order valence-electron chi connectivity index (χ3n) is 3.01. The minimum Gasteiger partial charge on any atom is -0.378 e. The van der Waals surface area contributed by atoms with Gasteiger partial charge in [-0.2, -0.15) is 0 Å². The Balaban J connectivity index is 2.28. The third kappa shape index (κ3) is 3.77. The van der Waals surface area contributed by atoms with Crippen LogP contribution in [0, 0.1) is 6.92 Å². The molecule has 0 aliphatic heterocycles. The fraction of sp³-hybridized carbons (Fsp3) is 0.200. The smallest absolute Gasteiger partial charge is 0.263 e. The van der Waals surface area contributed by atoms with Gasteiger partial charge in [0.1, 0.15) is 4.90 Å². The van der Waals surface area contributed by atoms with Gasteiger partial charge in [-0.15, -0.1) is 0 Å². The van der Waals surface area contributed by atoms with Crippen molar-refractivity contribution in [3.8, 4) is 0 Å². The lowest BCUT2D eigenvalue weighted by molar-refractivity contribution is 0.600. The second-order valence-corrected chi connectivity index (χ2v) is 7.49. The number of hydrogen-bond acceptors (Lipinski definition) is 3. The van der Waals surface area contributed by atoms with Crippen LogP contribution in [0.25, 0.3) is 0 Å². The largest absolute Gasteiger partial charge is 0.378 e. The van der Waals surface area contributed by atoms with Crippen LogP contribution in [-0.4, -0.2) is 22.5 Å². The molecule has 4 nitrogen and oxygen atoms in total. The molecule has 112 valence electrons. The highest BCUT2D eigenvalue weighted by atomic mass is 79.9. The van der Waals surface area contributed by atoms with Crippen LogP contribution in [0.3, 0.4) is 0 Å². The molecule has 2 aromatic carbocycles. The molecule has 2 aromatic rings. The Hall–Kier alpha value is -1.53. The number of sulfonamides is 1. The summed E-state index contributed by atoms with van der Waals surface area (Å²) in [5, 5.41) is 0. The number of nitrogens with zero attached hydrogens (tertiary/aromatic N) is 1. The Morgan fingerprint density at radius 3 is 2.19 bits per heavy atom. The van der Waals surface area contributed by atoms with Crippen LogP contribution in [-0.2, 0) is 10.0 Å². The monoisotopic (exact) mass is 368 g/mol. The molecule has 1 N–H and O–H groups in total. The van der Waals surface area contributed by atoms with Gasteiger partial charge in [-0.1, -0.05) is 6.07 Å². The second kappa shape index (κ2) is 6.07. The molecule has 0 saturated heterocycles. The first-order valence-electron chi connectivity index (χ1n) is 6.36. The predicted octanol–water partition coefficient (Wildman–Crippen LogP) is 3.62. The normalized spacial score (nSPS) is 11.2. The van der Waals surface area contributed by atoms with Crippen molar-refractivity contribution >= 4 is 37.3 Å². The van der Waals surface area contributed by atoms with E-state index >= 15 is 0 Å². The molecular weight excluding hydrogens is 352 g/mol. The van der Waals surface area contributed by atoms with Crippen molar-refractivity contribution in [1.29, 1.82) is 0 Å². The lowest BCUT2D eigenvalue weighted by Crippen LogP contribution is -2.14. The summed E-state index contributed by atoms with van der Waals surface area (Å²) in [6, 6.07) is 12.4. The summed E-state index contributed by atoms with van der Waals surface area (Å²) in [5.41, 5.74) is 2.54. The number of nitrogens with one attached hydrogen (secondary N) is 1. The number of halogens is 1. The average Bonchev–Trinajstić information content (AvgIpc) is 2.38. The van der Waals surface area contributed by atoms with E-state index in [9.17, 15) is 8.42 Å². The van der Waals surface area contributed by atoms with E-state index in [2.05, 4.69) is 20.7 Å². The van der Waals surface area contributed by atoms with Crippen molar-refractivity contribution in [2.45, 2.75) is 11.8 Å². The molecule has 0 aliphatic carbocycles. The van der Waals surface area contributed by atoms with Crippen LogP contribution in [0.4, 0.5) is 11.4 Å². The summed E-state index contributed by atoms with van der Waals surface area (Å²) in [6.07, 6.45) is 0. The highest BCUT2D eigenvalue weighted by Crippen LogP contribution is 2.25. The van der Waals surface area contributed by atoms with Gasteiger partial charge in [0.15, 0.2) is 0 Å². The van der Waals surface area contributed by atoms with Gasteiger partial charge < -0.3 is 4.90 Å². The van der Waals surface area contributed by atoms with Crippen LogP contribution < -0.4 is 9.62 Å². The maximum absolute atomic E-state index is 12.4. The quantitative estimate of drug-likeness (QED) is 0.896. The molecule has 0 spiro atoms. The predicted molar refractivity (Wildman–Crippen MR) is 90.5 cm³/mol. The summed E-state index contributed by atoms with van der Waals surface area (Å²) in [4.78, 5) is 2.18. The van der Waals surface area contributed by atoms with Crippen LogP contribution in [0.15, 0.2) is 51.8 Å². The molecular formula is C15H17BrN2O2S. The van der Waals surface area contributed by atoms with E-state index in [1.807, 2.05) is 38.1 Å². The number of hydrogen-bond donors (Lipinski definition) is 1. The van der Waals surface area contributed by atoms with Gasteiger partial charge in [0.05, 0.1) is 0 Å². The molecule has 2 rings (SSSR count). The Bertz CT molecular complexity index is 741. The molecule has 0 aromatic heterocycles. The Morgan fingerprint density at radius 2 is 1.67 bits per heavy atom. The van der Waals surface area contributed by atoms with Crippen LogP contribution >= 0.6 is 15.9 Å². The Kier molecular flexibility index (Phi) is 4.58. The SMILES string of the molecule is Cc1ccc(S(=O)(=O)Nc2ccc(N(C)C)cc2)c(Br)c1. The second-order valence-electron chi connectivity index (χ2n) is 4.98. The fourth-order valence-corrected chi connectivity index (χ4v) is 4.11. The summed E-state index contributed by atoms with van der Waals surface area (Å²) in [6.45, 7) is 1.91. The van der Waals surface area contributed by atoms with E-state index in [1.165, 1.54) is 0 Å². The van der Waals surface area contributed by atoms with Gasteiger partial charge in [0.25, 0.3) is 10.0 Å². The van der Waals surface area contributed by atoms with Crippen LogP contribution in [0.1, 0.15) is 5.56 Å². The fourth-order valence-electron chi connectivity index (χ4n) is 1.86. The van der Waals surface area contributed by atoms with Crippen LogP contribution in [0.5, 0.6) is 0 Å². The van der Waals surface area contributed by atoms with Gasteiger partial charge >= 0.3 is 0 Å². The highest BCUT2D eigenvalue weighted by molar-refractivity contribution is 9.10. The van der Waals surface area contributed by atoms with Crippen molar-refractivity contribution in [2.75, 3.05) is 23.7 Å². The first kappa shape index (κ1) is 15.9. The van der Waals surface area contributed by atoms with Crippen molar-refractivity contribution in [3.63, 3.8) is 0 Å². The molecule has 0 heterocycles. The lowest BCUT2D eigenvalue weighted by Gasteiger charge is -2.14. The van der Waals surface area contributed by atoms with E-state index in [0.29, 0.717) is 10.2 Å². The lowest BCUT2D eigenvalue weighted by atomic mass is 10.2. The van der Waals surface area contributed by atoms with Crippen molar-refractivity contribution < 1.29 is 8.42 Å². The first-order chi connectivity index (χ1) is 9.79. The Morgan fingerprint density at radius 1 is 1.05 bits per heavy atom. The first-order valence-corrected chi connectivity index (χ1v) is 8.63. The molecule has 6 heteroatoms. The maximum atomic E-state index is 12.4. The van der Waals surface area contributed by atoms with E-state index in [-0.39, 0.29) is 4.90 Å². The zero-order valence-electron chi connectivity index (χ0n) is 12.1. The number of aryl methyl sites for hydroxylation is 1. The van der Waals surface area contributed by atoms with Gasteiger partial charge in [-0.25, -0.2) is 8.42 Å². The molecule has 0 atom stereocenters. The molecule has 0 amide bonds. The highest BCUT2D eigenvalue weighted by Gasteiger charge is 2.17.